The third kappa shape index (κ3) is 4.05. The predicted molar refractivity (Wildman–Crippen MR) is 142 cm³/mol. The molecule has 0 radical (unpaired) electrons. The number of thiazole rings is 1. The van der Waals surface area contributed by atoms with Gasteiger partial charge in [0.25, 0.3) is 5.56 Å². The van der Waals surface area contributed by atoms with Crippen LogP contribution in [0.2, 0.25) is 0 Å². The van der Waals surface area contributed by atoms with E-state index < -0.39 is 12.0 Å². The van der Waals surface area contributed by atoms with Crippen molar-refractivity contribution in [2.75, 3.05) is 13.7 Å². The number of hydrogen-bond donors (Lipinski definition) is 0. The zero-order chi connectivity index (χ0) is 25.4. The van der Waals surface area contributed by atoms with Gasteiger partial charge in [-0.2, -0.15) is 0 Å². The zero-order valence-electron chi connectivity index (χ0n) is 20.6. The van der Waals surface area contributed by atoms with Crippen molar-refractivity contribution in [2.24, 2.45) is 4.99 Å². The van der Waals surface area contributed by atoms with E-state index in [0.717, 1.165) is 33.2 Å². The number of esters is 1. The average molecular weight is 499 g/mol. The Morgan fingerprint density at radius 2 is 1.78 bits per heavy atom. The number of benzene rings is 3. The van der Waals surface area contributed by atoms with Crippen LogP contribution in [0.5, 0.6) is 5.75 Å². The molecular weight excluding hydrogens is 472 g/mol. The molecule has 1 atom stereocenters. The first kappa shape index (κ1) is 23.8. The summed E-state index contributed by atoms with van der Waals surface area (Å²) in [6.45, 7) is 5.80. The molecule has 0 spiro atoms. The van der Waals surface area contributed by atoms with E-state index in [1.54, 1.807) is 25.5 Å². The van der Waals surface area contributed by atoms with Gasteiger partial charge in [0, 0.05) is 5.39 Å². The monoisotopic (exact) mass is 498 g/mol. The molecule has 3 aromatic carbocycles. The topological polar surface area (TPSA) is 69.9 Å². The summed E-state index contributed by atoms with van der Waals surface area (Å²) in [5.74, 6) is 0.318. The quantitative estimate of drug-likeness (QED) is 0.386. The molecule has 0 N–H and O–H groups in total. The molecule has 0 amide bonds. The Kier molecular flexibility index (Phi) is 6.33. The summed E-state index contributed by atoms with van der Waals surface area (Å²) in [6, 6.07) is 19.0. The molecule has 1 aromatic heterocycles. The highest BCUT2D eigenvalue weighted by molar-refractivity contribution is 7.07. The minimum atomic E-state index is -0.615. The third-order valence-corrected chi connectivity index (χ3v) is 7.32. The summed E-state index contributed by atoms with van der Waals surface area (Å²) in [5.41, 5.74) is 3.58. The molecular formula is C29H26N2O4S. The van der Waals surface area contributed by atoms with Crippen LogP contribution in [0.4, 0.5) is 0 Å². The molecule has 0 saturated heterocycles. The summed E-state index contributed by atoms with van der Waals surface area (Å²) in [4.78, 5) is 32.1. The van der Waals surface area contributed by atoms with Crippen molar-refractivity contribution in [2.45, 2.75) is 26.8 Å². The fourth-order valence-corrected chi connectivity index (χ4v) is 5.63. The molecule has 6 nitrogen and oxygen atoms in total. The Bertz CT molecular complexity index is 1690. The van der Waals surface area contributed by atoms with Crippen LogP contribution >= 0.6 is 11.3 Å². The Balaban J connectivity index is 1.75. The molecule has 1 aliphatic rings. The minimum absolute atomic E-state index is 0.196. The number of methoxy groups -OCH3 is 1. The highest BCUT2D eigenvalue weighted by atomic mass is 32.1. The van der Waals surface area contributed by atoms with Crippen LogP contribution in [0.3, 0.4) is 0 Å². The fourth-order valence-electron chi connectivity index (χ4n) is 4.60. The van der Waals surface area contributed by atoms with E-state index in [1.807, 2.05) is 73.7 Å². The number of nitrogens with zero attached hydrogens (tertiary/aromatic N) is 2. The minimum Gasteiger partial charge on any atom is -0.496 e. The van der Waals surface area contributed by atoms with E-state index in [1.165, 1.54) is 11.3 Å². The number of carbonyl (C=O) groups is 1. The van der Waals surface area contributed by atoms with Crippen molar-refractivity contribution in [1.82, 2.24) is 4.57 Å². The van der Waals surface area contributed by atoms with Crippen LogP contribution in [0.15, 0.2) is 81.7 Å². The molecule has 36 heavy (non-hydrogen) atoms. The first-order valence-electron chi connectivity index (χ1n) is 11.7. The van der Waals surface area contributed by atoms with Crippen molar-refractivity contribution in [1.29, 1.82) is 0 Å². The second-order valence-electron chi connectivity index (χ2n) is 8.62. The van der Waals surface area contributed by atoms with Crippen molar-refractivity contribution < 1.29 is 14.3 Å². The maximum atomic E-state index is 13.8. The lowest BCUT2D eigenvalue weighted by Crippen LogP contribution is -2.39. The highest BCUT2D eigenvalue weighted by Crippen LogP contribution is 2.31. The normalized spacial score (nSPS) is 15.6. The van der Waals surface area contributed by atoms with Crippen LogP contribution in [0.1, 0.15) is 36.6 Å². The molecule has 1 aliphatic heterocycles. The van der Waals surface area contributed by atoms with E-state index in [4.69, 9.17) is 9.47 Å². The molecule has 2 heterocycles. The summed E-state index contributed by atoms with van der Waals surface area (Å²) >= 11 is 1.32. The second-order valence-corrected chi connectivity index (χ2v) is 9.62. The zero-order valence-corrected chi connectivity index (χ0v) is 21.4. The van der Waals surface area contributed by atoms with Gasteiger partial charge in [0.2, 0.25) is 0 Å². The first-order chi connectivity index (χ1) is 17.4. The number of hydrogen-bond acceptors (Lipinski definition) is 6. The lowest BCUT2D eigenvalue weighted by molar-refractivity contribution is -0.139. The number of rotatable bonds is 5. The van der Waals surface area contributed by atoms with Crippen LogP contribution < -0.4 is 19.6 Å². The number of fused-ring (bicyclic) bond motifs is 2. The highest BCUT2D eigenvalue weighted by Gasteiger charge is 2.33. The molecule has 0 fully saturated rings. The van der Waals surface area contributed by atoms with Gasteiger partial charge in [-0.3, -0.25) is 9.36 Å². The smallest absolute Gasteiger partial charge is 0.338 e. The number of allylic oxidation sites excluding steroid dienone is 1. The van der Waals surface area contributed by atoms with Crippen LogP contribution in [-0.2, 0) is 9.53 Å². The maximum absolute atomic E-state index is 13.8. The van der Waals surface area contributed by atoms with Gasteiger partial charge in [0.1, 0.15) is 5.75 Å². The number of carbonyl (C=O) groups excluding carboxylic acids is 1. The largest absolute Gasteiger partial charge is 0.496 e. The standard InChI is InChI=1S/C29H26N2O4S/c1-5-35-28(33)25-18(3)30-29-31(26(25)19-12-10-17(2)11-13-19)27(32)24(36-29)16-20-14-15-23(34-4)22-9-7-6-8-21(20)22/h6-16,26H,5H2,1-4H3. The van der Waals surface area contributed by atoms with Crippen molar-refractivity contribution >= 4 is 34.2 Å². The Labute approximate surface area is 212 Å². The SMILES string of the molecule is CCOC(=O)C1=C(C)N=c2sc(=Cc3ccc(OC)c4ccccc34)c(=O)n2C1c1ccc(C)cc1. The van der Waals surface area contributed by atoms with Gasteiger partial charge >= 0.3 is 5.97 Å². The van der Waals surface area contributed by atoms with Crippen molar-refractivity contribution in [3.05, 3.63) is 108 Å². The molecule has 4 aromatic rings. The van der Waals surface area contributed by atoms with Gasteiger partial charge in [-0.25, -0.2) is 9.79 Å². The lowest BCUT2D eigenvalue weighted by atomic mass is 9.95. The Morgan fingerprint density at radius 3 is 2.47 bits per heavy atom. The molecule has 7 heteroatoms. The molecule has 0 aliphatic carbocycles. The van der Waals surface area contributed by atoms with Crippen molar-refractivity contribution in [3.63, 3.8) is 0 Å². The Morgan fingerprint density at radius 1 is 1.06 bits per heavy atom. The van der Waals surface area contributed by atoms with Gasteiger partial charge in [0.15, 0.2) is 4.80 Å². The molecule has 0 bridgehead atoms. The van der Waals surface area contributed by atoms with Gasteiger partial charge in [0.05, 0.1) is 35.6 Å². The van der Waals surface area contributed by atoms with E-state index in [9.17, 15) is 9.59 Å². The van der Waals surface area contributed by atoms with E-state index in [-0.39, 0.29) is 12.2 Å². The van der Waals surface area contributed by atoms with Gasteiger partial charge < -0.3 is 9.47 Å². The van der Waals surface area contributed by atoms with E-state index in [2.05, 4.69) is 4.99 Å². The summed E-state index contributed by atoms with van der Waals surface area (Å²) in [6.07, 6.45) is 1.89. The Hall–Kier alpha value is -3.97. The predicted octanol–water partition coefficient (Wildman–Crippen LogP) is 4.27. The van der Waals surface area contributed by atoms with E-state index in [0.29, 0.717) is 20.6 Å². The maximum Gasteiger partial charge on any atom is 0.338 e. The average Bonchev–Trinajstić information content (AvgIpc) is 3.18. The van der Waals surface area contributed by atoms with Crippen molar-refractivity contribution in [3.8, 4) is 5.75 Å². The first-order valence-corrected chi connectivity index (χ1v) is 12.6. The molecule has 0 saturated carbocycles. The second kappa shape index (κ2) is 9.59. The van der Waals surface area contributed by atoms with Gasteiger partial charge in [-0.15, -0.1) is 0 Å². The van der Waals surface area contributed by atoms with Gasteiger partial charge in [-0.05, 0) is 49.4 Å². The summed E-state index contributed by atoms with van der Waals surface area (Å²) in [5, 5.41) is 1.96. The third-order valence-electron chi connectivity index (χ3n) is 6.33. The number of aryl methyl sites for hydroxylation is 1. The number of aromatic nitrogens is 1. The molecule has 182 valence electrons. The van der Waals surface area contributed by atoms with Crippen LogP contribution in [0.25, 0.3) is 16.8 Å². The van der Waals surface area contributed by atoms with Crippen LogP contribution in [-0.4, -0.2) is 24.3 Å². The van der Waals surface area contributed by atoms with Gasteiger partial charge in [-0.1, -0.05) is 71.5 Å². The molecule has 1 unspecified atom stereocenters. The van der Waals surface area contributed by atoms with E-state index >= 15 is 0 Å². The van der Waals surface area contributed by atoms with Crippen LogP contribution in [0, 0.1) is 6.92 Å². The lowest BCUT2D eigenvalue weighted by Gasteiger charge is -2.24. The summed E-state index contributed by atoms with van der Waals surface area (Å²) in [7, 11) is 1.65. The molecule has 5 rings (SSSR count). The number of ether oxygens (including phenoxy) is 2. The fraction of sp³-hybridized carbons (Fsp3) is 0.207. The summed E-state index contributed by atoms with van der Waals surface area (Å²) < 4.78 is 13.0.